The predicted octanol–water partition coefficient (Wildman–Crippen LogP) is -0.894. The Labute approximate surface area is 47.3 Å². The quantitative estimate of drug-likeness (QED) is 0.327. The Bertz CT molecular complexity index is 28.9. The number of hydrogen-bond acceptors (Lipinski definition) is 1. The van der Waals surface area contributed by atoms with Crippen molar-refractivity contribution in [1.82, 2.24) is 0 Å². The Morgan fingerprint density at radius 1 is 1.00 bits per heavy atom. The van der Waals surface area contributed by atoms with Crippen LogP contribution in [0.3, 0.4) is 0 Å². The average molecular weight is 97.8 g/mol. The molecule has 0 rings (SSSR count). The summed E-state index contributed by atoms with van der Waals surface area (Å²) in [4.78, 5) is 0. The van der Waals surface area contributed by atoms with Crippen molar-refractivity contribution in [2.75, 3.05) is 13.2 Å². The first-order chi connectivity index (χ1) is 3.41. The van der Waals surface area contributed by atoms with E-state index >= 15 is 0 Å². The van der Waals surface area contributed by atoms with Crippen molar-refractivity contribution < 1.29 is 4.74 Å². The molecular weight excluding hydrogens is 85.7 g/mol. The van der Waals surface area contributed by atoms with Crippen LogP contribution in [0.2, 0.25) is 12.6 Å². The van der Waals surface area contributed by atoms with E-state index in [0.717, 1.165) is 25.9 Å². The molecule has 0 spiro atoms. The fourth-order valence-electron chi connectivity index (χ4n) is 0.391. The summed E-state index contributed by atoms with van der Waals surface area (Å²) >= 11 is 0. The van der Waals surface area contributed by atoms with Crippen LogP contribution >= 0.6 is 0 Å². The molecule has 0 aromatic heterocycles. The van der Waals surface area contributed by atoms with Crippen molar-refractivity contribution in [3.05, 3.63) is 0 Å². The Balaban J connectivity index is 2.45. The van der Waals surface area contributed by atoms with Gasteiger partial charge in [-0.3, -0.25) is 0 Å². The van der Waals surface area contributed by atoms with Crippen LogP contribution in [0.4, 0.5) is 0 Å². The molecule has 0 saturated carbocycles. The van der Waals surface area contributed by atoms with Gasteiger partial charge in [0.2, 0.25) is 0 Å². The van der Waals surface area contributed by atoms with Crippen LogP contribution in [-0.4, -0.2) is 28.9 Å². The molecule has 0 atom stereocenters. The van der Waals surface area contributed by atoms with Crippen LogP contribution < -0.4 is 0 Å². The van der Waals surface area contributed by atoms with Gasteiger partial charge in [0.15, 0.2) is 0 Å². The van der Waals surface area contributed by atoms with Gasteiger partial charge in [0.25, 0.3) is 0 Å². The second-order valence-corrected chi connectivity index (χ2v) is 1.61. The number of rotatable bonds is 4. The summed E-state index contributed by atoms with van der Waals surface area (Å²) in [6.07, 6.45) is 2.28. The average Bonchev–Trinajstić information content (AvgIpc) is 1.69. The molecule has 0 radical (unpaired) electrons. The standard InChI is InChI=1S/C4H12B2O/c5-1-3-7-4-2-6/h1-6H2. The topological polar surface area (TPSA) is 9.23 Å². The Hall–Kier alpha value is 0.0899. The first kappa shape index (κ1) is 7.09. The highest BCUT2D eigenvalue weighted by Crippen LogP contribution is 1.79. The summed E-state index contributed by atoms with van der Waals surface area (Å²) in [6, 6.07) is 0. The lowest BCUT2D eigenvalue weighted by Gasteiger charge is -1.95. The first-order valence-electron chi connectivity index (χ1n) is 2.99. The fraction of sp³-hybridized carbons (Fsp3) is 1.00. The van der Waals surface area contributed by atoms with Gasteiger partial charge in [0, 0.05) is 13.2 Å². The van der Waals surface area contributed by atoms with Gasteiger partial charge < -0.3 is 4.74 Å². The van der Waals surface area contributed by atoms with E-state index in [1.54, 1.807) is 0 Å². The lowest BCUT2D eigenvalue weighted by atomic mass is 10.1. The summed E-state index contributed by atoms with van der Waals surface area (Å²) < 4.78 is 5.13. The summed E-state index contributed by atoms with van der Waals surface area (Å²) in [5, 5.41) is 0. The van der Waals surface area contributed by atoms with E-state index in [0.29, 0.717) is 0 Å². The minimum Gasteiger partial charge on any atom is -0.383 e. The van der Waals surface area contributed by atoms with Crippen LogP contribution in [0.25, 0.3) is 0 Å². The van der Waals surface area contributed by atoms with Gasteiger partial charge in [-0.1, -0.05) is 12.6 Å². The van der Waals surface area contributed by atoms with E-state index in [9.17, 15) is 0 Å². The second-order valence-electron chi connectivity index (χ2n) is 1.61. The monoisotopic (exact) mass is 98.1 g/mol. The molecule has 0 aromatic carbocycles. The van der Waals surface area contributed by atoms with Gasteiger partial charge in [0.05, 0.1) is 0 Å². The van der Waals surface area contributed by atoms with E-state index in [-0.39, 0.29) is 0 Å². The predicted molar refractivity (Wildman–Crippen MR) is 37.5 cm³/mol. The van der Waals surface area contributed by atoms with Gasteiger partial charge in [-0.2, -0.15) is 0 Å². The maximum Gasteiger partial charge on any atom is 0.104 e. The van der Waals surface area contributed by atoms with Crippen molar-refractivity contribution in [1.29, 1.82) is 0 Å². The zero-order valence-corrected chi connectivity index (χ0v) is 5.24. The normalized spacial score (nSPS) is 9.14. The Morgan fingerprint density at radius 2 is 1.43 bits per heavy atom. The molecule has 0 heterocycles. The van der Waals surface area contributed by atoms with Crippen molar-refractivity contribution in [2.24, 2.45) is 0 Å². The lowest BCUT2D eigenvalue weighted by Crippen LogP contribution is -1.94. The smallest absolute Gasteiger partial charge is 0.104 e. The Morgan fingerprint density at radius 3 is 1.71 bits per heavy atom. The lowest BCUT2D eigenvalue weighted by molar-refractivity contribution is 0.162. The van der Waals surface area contributed by atoms with Gasteiger partial charge in [-0.05, 0) is 0 Å². The van der Waals surface area contributed by atoms with Crippen molar-refractivity contribution in [2.45, 2.75) is 12.6 Å². The minimum atomic E-state index is 0.924. The highest BCUT2D eigenvalue weighted by molar-refractivity contribution is 6.08. The fourth-order valence-corrected chi connectivity index (χ4v) is 0.391. The van der Waals surface area contributed by atoms with Crippen LogP contribution in [0.1, 0.15) is 0 Å². The molecule has 7 heavy (non-hydrogen) atoms. The van der Waals surface area contributed by atoms with Crippen molar-refractivity contribution in [3.8, 4) is 0 Å². The molecule has 40 valence electrons. The maximum atomic E-state index is 5.13. The largest absolute Gasteiger partial charge is 0.383 e. The molecule has 0 unspecified atom stereocenters. The van der Waals surface area contributed by atoms with Crippen LogP contribution in [0.5, 0.6) is 0 Å². The summed E-state index contributed by atoms with van der Waals surface area (Å²) in [5.74, 6) is 0. The third-order valence-electron chi connectivity index (χ3n) is 0.697. The van der Waals surface area contributed by atoms with Crippen LogP contribution in [0.15, 0.2) is 0 Å². The summed E-state index contributed by atoms with van der Waals surface area (Å²) in [7, 11) is 4.24. The van der Waals surface area contributed by atoms with E-state index in [1.165, 1.54) is 0 Å². The molecule has 0 N–H and O–H groups in total. The zero-order valence-electron chi connectivity index (χ0n) is 5.24. The molecule has 3 heteroatoms. The second kappa shape index (κ2) is 6.09. The first-order valence-corrected chi connectivity index (χ1v) is 2.99. The van der Waals surface area contributed by atoms with Crippen LogP contribution in [0, 0.1) is 0 Å². The molecule has 0 aliphatic carbocycles. The summed E-state index contributed by atoms with van der Waals surface area (Å²) in [5.41, 5.74) is 0. The number of ether oxygens (including phenoxy) is 1. The van der Waals surface area contributed by atoms with Crippen molar-refractivity contribution in [3.63, 3.8) is 0 Å². The molecule has 0 aromatic rings. The molecule has 0 amide bonds. The van der Waals surface area contributed by atoms with Crippen molar-refractivity contribution >= 4 is 15.7 Å². The molecule has 1 nitrogen and oxygen atoms in total. The van der Waals surface area contributed by atoms with Gasteiger partial charge in [-0.25, -0.2) is 0 Å². The van der Waals surface area contributed by atoms with E-state index in [4.69, 9.17) is 4.74 Å². The third kappa shape index (κ3) is 6.09. The van der Waals surface area contributed by atoms with E-state index in [1.807, 2.05) is 0 Å². The highest BCUT2D eigenvalue weighted by Gasteiger charge is 1.78. The molecule has 0 aliphatic rings. The van der Waals surface area contributed by atoms with E-state index in [2.05, 4.69) is 15.7 Å². The zero-order chi connectivity index (χ0) is 5.54. The van der Waals surface area contributed by atoms with Gasteiger partial charge >= 0.3 is 0 Å². The van der Waals surface area contributed by atoms with Crippen LogP contribution in [-0.2, 0) is 4.74 Å². The Kier molecular flexibility index (Phi) is 6.17. The molecule has 0 bridgehead atoms. The molecule has 0 fully saturated rings. The maximum absolute atomic E-state index is 5.13. The minimum absolute atomic E-state index is 0.924. The summed E-state index contributed by atoms with van der Waals surface area (Å²) in [6.45, 7) is 1.85. The van der Waals surface area contributed by atoms with Gasteiger partial charge in [0.1, 0.15) is 15.7 Å². The highest BCUT2D eigenvalue weighted by atomic mass is 16.5. The molecule has 0 saturated heterocycles. The molecule has 0 aliphatic heterocycles. The SMILES string of the molecule is BCCOCCB. The molecular formula is C4H12B2O. The van der Waals surface area contributed by atoms with Gasteiger partial charge in [-0.15, -0.1) is 0 Å². The van der Waals surface area contributed by atoms with E-state index < -0.39 is 0 Å². The number of hydrogen-bond donors (Lipinski definition) is 0. The third-order valence-corrected chi connectivity index (χ3v) is 0.697.